The van der Waals surface area contributed by atoms with E-state index >= 15 is 8.78 Å². The van der Waals surface area contributed by atoms with Gasteiger partial charge in [-0.3, -0.25) is 15.3 Å². The predicted octanol–water partition coefficient (Wildman–Crippen LogP) is 13.2. The minimum Gasteiger partial charge on any atom is -0.491 e. The fraction of sp³-hybridized carbons (Fsp3) is 0.561. The number of allylic oxidation sites excluding steroid dienone is 2. The molecule has 398 valence electrons. The number of carbonyl (C=O) groups excluding carboxylic acids is 2. The van der Waals surface area contributed by atoms with E-state index in [1.54, 1.807) is 0 Å². The Bertz CT molecular complexity index is 2160. The van der Waals surface area contributed by atoms with Crippen molar-refractivity contribution in [2.45, 2.75) is 125 Å². The van der Waals surface area contributed by atoms with Gasteiger partial charge in [-0.05, 0) is 71.9 Å². The Labute approximate surface area is 387 Å². The Balaban J connectivity index is 2.40. The van der Waals surface area contributed by atoms with Gasteiger partial charge in [0.25, 0.3) is 5.91 Å². The SMILES string of the molecule is CO[C@H](/C(C)=C/C(C)=C/C(=O)NO)[C@H](OC(=O)Nc1ccc(F)cc1F)c1ccc(OCCO[Si](CCC(F)(F)C(F)(F)C(F)(F)C(F)(F)C(F)(F)C(F)(F)C(F)(F)C(F)(F)F)(C(C)C)C(C)C)cc1. The number of methoxy groups -OCH3 is 1. The van der Waals surface area contributed by atoms with Crippen LogP contribution in [0.3, 0.4) is 0 Å². The lowest BCUT2D eigenvalue weighted by Crippen LogP contribution is -2.74. The summed E-state index contributed by atoms with van der Waals surface area (Å²) >= 11 is 0. The smallest absolute Gasteiger partial charge is 0.460 e. The number of amides is 2. The van der Waals surface area contributed by atoms with Crippen LogP contribution >= 0.6 is 0 Å². The maximum Gasteiger partial charge on any atom is 0.460 e. The highest BCUT2D eigenvalue weighted by atomic mass is 28.4. The molecule has 0 aliphatic carbocycles. The van der Waals surface area contributed by atoms with Gasteiger partial charge in [-0.1, -0.05) is 45.9 Å². The van der Waals surface area contributed by atoms with Crippen molar-refractivity contribution in [2.75, 3.05) is 25.6 Å². The van der Waals surface area contributed by atoms with Crippen molar-refractivity contribution >= 4 is 26.0 Å². The molecule has 0 fully saturated rings. The number of hydrogen-bond donors (Lipinski definition) is 3. The normalized spacial score (nSPS) is 15.3. The number of hydrogen-bond acceptors (Lipinski definition) is 7. The van der Waals surface area contributed by atoms with Gasteiger partial charge in [-0.2, -0.15) is 74.6 Å². The summed E-state index contributed by atoms with van der Waals surface area (Å²) in [7, 11) is -2.89. The molecule has 0 saturated carbocycles. The van der Waals surface area contributed by atoms with Crippen molar-refractivity contribution in [3.63, 3.8) is 0 Å². The van der Waals surface area contributed by atoms with E-state index in [1.807, 2.05) is 0 Å². The second-order valence-electron chi connectivity index (χ2n) is 16.2. The maximum absolute atomic E-state index is 15.0. The monoisotopic (exact) mass is 1070 g/mol. The summed E-state index contributed by atoms with van der Waals surface area (Å²) in [5.41, 5.74) is -0.259. The van der Waals surface area contributed by atoms with Crippen LogP contribution in [0.4, 0.5) is 93.9 Å². The standard InChI is InChI=1S/C41H45F19N2O7Si/c1-21(2)70(22(3)4,17-14-34(44,45)35(46,47)36(48,49)37(50,51)38(52,53)39(54,55)40(56,57)41(58,59)60)68-16-15-67-27-11-8-25(9-12-27)32(31(66-7)24(6)18-23(5)19-30(63)62-65)69-33(64)61-29-13-10-26(42)20-28(29)43/h8-13,18-22,31-32,65H,14-17H2,1-7H3,(H,61,64)(H,62,63)/b23-19+,24-18+/t31-,32-/m1/s1. The lowest BCUT2D eigenvalue weighted by molar-refractivity contribution is -0.461. The van der Waals surface area contributed by atoms with Crippen LogP contribution in [0.2, 0.25) is 17.1 Å². The highest BCUT2D eigenvalue weighted by Crippen LogP contribution is 2.64. The topological polar surface area (TPSA) is 115 Å². The van der Waals surface area contributed by atoms with Gasteiger partial charge in [0.15, 0.2) is 14.4 Å². The van der Waals surface area contributed by atoms with Crippen LogP contribution in [-0.2, 0) is 18.7 Å². The van der Waals surface area contributed by atoms with Gasteiger partial charge in [-0.25, -0.2) is 19.1 Å². The molecule has 0 spiro atoms. The van der Waals surface area contributed by atoms with Crippen LogP contribution < -0.4 is 15.5 Å². The molecule has 2 aromatic rings. The first-order valence-electron chi connectivity index (χ1n) is 20.0. The van der Waals surface area contributed by atoms with Gasteiger partial charge in [0, 0.05) is 25.7 Å². The molecule has 2 atom stereocenters. The third-order valence-electron chi connectivity index (χ3n) is 10.8. The van der Waals surface area contributed by atoms with Crippen LogP contribution in [0.1, 0.15) is 59.6 Å². The summed E-state index contributed by atoms with van der Waals surface area (Å²) in [6, 6.07) is 5.99. The molecule has 70 heavy (non-hydrogen) atoms. The van der Waals surface area contributed by atoms with Crippen LogP contribution in [0.5, 0.6) is 5.75 Å². The van der Waals surface area contributed by atoms with Gasteiger partial charge in [-0.15, -0.1) is 0 Å². The summed E-state index contributed by atoms with van der Waals surface area (Å²) in [6.45, 7) is 6.92. The second kappa shape index (κ2) is 22.3. The minimum atomic E-state index is -8.73. The van der Waals surface area contributed by atoms with Crippen LogP contribution in [0, 0.1) is 11.6 Å². The third-order valence-corrected chi connectivity index (χ3v) is 16.5. The van der Waals surface area contributed by atoms with E-state index < -0.39 is 134 Å². The number of rotatable bonds is 24. The molecular weight excluding hydrogens is 1020 g/mol. The average molecular weight is 1070 g/mol. The fourth-order valence-electron chi connectivity index (χ4n) is 6.92. The van der Waals surface area contributed by atoms with Crippen molar-refractivity contribution in [1.29, 1.82) is 0 Å². The highest BCUT2D eigenvalue weighted by molar-refractivity contribution is 6.76. The second-order valence-corrected chi connectivity index (χ2v) is 21.2. The predicted molar refractivity (Wildman–Crippen MR) is 211 cm³/mol. The molecule has 0 aromatic heterocycles. The van der Waals surface area contributed by atoms with E-state index in [0.717, 1.165) is 18.2 Å². The summed E-state index contributed by atoms with van der Waals surface area (Å²) < 4.78 is 287. The molecule has 29 heteroatoms. The average Bonchev–Trinajstić information content (AvgIpc) is 3.23. The molecule has 0 unspecified atom stereocenters. The molecule has 2 aromatic carbocycles. The summed E-state index contributed by atoms with van der Waals surface area (Å²) in [6.07, 6.45) is -11.9. The molecular formula is C41H45F19N2O7Si. The Kier molecular flexibility index (Phi) is 19.6. The van der Waals surface area contributed by atoms with Crippen molar-refractivity contribution in [1.82, 2.24) is 5.48 Å². The van der Waals surface area contributed by atoms with Crippen LogP contribution in [0.25, 0.3) is 0 Å². The Morgan fingerprint density at radius 2 is 1.20 bits per heavy atom. The summed E-state index contributed by atoms with van der Waals surface area (Å²) in [4.78, 5) is 24.6. The molecule has 3 N–H and O–H groups in total. The molecule has 2 rings (SSSR count). The zero-order valence-corrected chi connectivity index (χ0v) is 38.4. The van der Waals surface area contributed by atoms with E-state index in [-0.39, 0.29) is 16.9 Å². The summed E-state index contributed by atoms with van der Waals surface area (Å²) in [5, 5.41) is 10.9. The first-order valence-corrected chi connectivity index (χ1v) is 22.3. The Hall–Kier alpha value is -4.77. The van der Waals surface area contributed by atoms with Crippen molar-refractivity contribution in [3.8, 4) is 5.75 Å². The first-order chi connectivity index (χ1) is 31.7. The number of hydroxylamine groups is 1. The van der Waals surface area contributed by atoms with Gasteiger partial charge in [0.2, 0.25) is 0 Å². The van der Waals surface area contributed by atoms with E-state index in [1.165, 1.54) is 84.5 Å². The third kappa shape index (κ3) is 12.5. The number of alkyl halides is 17. The molecule has 9 nitrogen and oxygen atoms in total. The quantitative estimate of drug-likeness (QED) is 0.0182. The fourth-order valence-corrected chi connectivity index (χ4v) is 11.4. The highest BCUT2D eigenvalue weighted by Gasteiger charge is 2.95. The lowest BCUT2D eigenvalue weighted by atomic mass is 9.88. The zero-order chi connectivity index (χ0) is 54.4. The lowest BCUT2D eigenvalue weighted by Gasteiger charge is -2.44. The van der Waals surface area contributed by atoms with Crippen LogP contribution in [-0.4, -0.2) is 99.6 Å². The van der Waals surface area contributed by atoms with E-state index in [0.29, 0.717) is 11.6 Å². The van der Waals surface area contributed by atoms with Gasteiger partial charge in [0.1, 0.15) is 30.1 Å². The minimum absolute atomic E-state index is 0.00923. The number of halogens is 19. The molecule has 2 amide bonds. The molecule has 0 heterocycles. The number of ether oxygens (including phenoxy) is 3. The van der Waals surface area contributed by atoms with Crippen LogP contribution in [0.15, 0.2) is 65.8 Å². The van der Waals surface area contributed by atoms with Crippen molar-refractivity contribution in [3.05, 3.63) is 83.0 Å². The number of benzene rings is 2. The Morgan fingerprint density at radius 1 is 0.700 bits per heavy atom. The molecule has 0 aliphatic rings. The molecule has 0 aliphatic heterocycles. The van der Waals surface area contributed by atoms with E-state index in [9.17, 15) is 84.2 Å². The van der Waals surface area contributed by atoms with E-state index in [4.69, 9.17) is 23.8 Å². The molecule has 0 bridgehead atoms. The van der Waals surface area contributed by atoms with Crippen molar-refractivity contribution in [2.24, 2.45) is 0 Å². The summed E-state index contributed by atoms with van der Waals surface area (Å²) in [5.74, 6) is -60.1. The van der Waals surface area contributed by atoms with E-state index in [2.05, 4.69) is 5.32 Å². The van der Waals surface area contributed by atoms with Crippen molar-refractivity contribution < 1.29 is 117 Å². The number of nitrogens with one attached hydrogen (secondary N) is 2. The Morgan fingerprint density at radius 3 is 1.66 bits per heavy atom. The maximum atomic E-state index is 15.0. The zero-order valence-electron chi connectivity index (χ0n) is 37.4. The largest absolute Gasteiger partial charge is 0.491 e. The first kappa shape index (κ1) is 61.3. The molecule has 0 saturated heterocycles. The number of carbonyl (C=O) groups is 2. The van der Waals surface area contributed by atoms with Gasteiger partial charge >= 0.3 is 53.7 Å². The molecule has 0 radical (unpaired) electrons. The van der Waals surface area contributed by atoms with Gasteiger partial charge < -0.3 is 18.6 Å². The number of anilines is 1. The van der Waals surface area contributed by atoms with Gasteiger partial charge in [0.05, 0.1) is 12.3 Å².